The van der Waals surface area contributed by atoms with Gasteiger partial charge < -0.3 is 4.90 Å². The number of benzene rings is 2. The Hall–Kier alpha value is -2.22. The summed E-state index contributed by atoms with van der Waals surface area (Å²) < 4.78 is 27.6. The third kappa shape index (κ3) is 5.28. The van der Waals surface area contributed by atoms with Crippen LogP contribution in [0.15, 0.2) is 47.4 Å². The second-order valence-corrected chi connectivity index (χ2v) is 10.1. The Morgan fingerprint density at radius 1 is 0.933 bits per heavy atom. The molecular formula is C23H31N3O3S. The lowest BCUT2D eigenvalue weighted by atomic mass is 10.1. The minimum Gasteiger partial charge on any atom is -0.340 e. The van der Waals surface area contributed by atoms with E-state index in [-0.39, 0.29) is 5.91 Å². The number of carbonyl (C=O) groups excluding carboxylic acids is 1. The van der Waals surface area contributed by atoms with E-state index in [1.807, 2.05) is 69.1 Å². The van der Waals surface area contributed by atoms with Crippen molar-refractivity contribution in [2.45, 2.75) is 32.2 Å². The molecule has 1 amide bonds. The van der Waals surface area contributed by atoms with E-state index >= 15 is 0 Å². The molecule has 0 N–H and O–H groups in total. The summed E-state index contributed by atoms with van der Waals surface area (Å²) in [7, 11) is -1.70. The molecule has 0 spiro atoms. The van der Waals surface area contributed by atoms with Crippen LogP contribution in [0.5, 0.6) is 0 Å². The van der Waals surface area contributed by atoms with Gasteiger partial charge in [-0.05, 0) is 38.0 Å². The quantitative estimate of drug-likeness (QED) is 0.708. The Labute approximate surface area is 180 Å². The van der Waals surface area contributed by atoms with Gasteiger partial charge in [0.25, 0.3) is 0 Å². The minimum atomic E-state index is -3.51. The van der Waals surface area contributed by atoms with E-state index in [2.05, 4.69) is 0 Å². The van der Waals surface area contributed by atoms with Gasteiger partial charge in [-0.25, -0.2) is 8.42 Å². The summed E-state index contributed by atoms with van der Waals surface area (Å²) in [6.45, 7) is 8.59. The minimum absolute atomic E-state index is 0.0428. The number of piperazine rings is 1. The molecule has 162 valence electrons. The molecule has 3 rings (SSSR count). The first-order valence-electron chi connectivity index (χ1n) is 10.3. The van der Waals surface area contributed by atoms with Crippen molar-refractivity contribution >= 4 is 15.9 Å². The van der Waals surface area contributed by atoms with Crippen LogP contribution in [0.4, 0.5) is 0 Å². The smallest absolute Gasteiger partial charge is 0.243 e. The highest BCUT2D eigenvalue weighted by Crippen LogP contribution is 2.22. The number of likely N-dealkylation sites (N-methyl/N-ethyl adjacent to an activating group) is 1. The van der Waals surface area contributed by atoms with Crippen molar-refractivity contribution in [3.8, 4) is 0 Å². The normalized spacial score (nSPS) is 15.9. The molecule has 0 aromatic heterocycles. The average molecular weight is 430 g/mol. The highest BCUT2D eigenvalue weighted by atomic mass is 32.2. The Balaban J connectivity index is 1.54. The maximum absolute atomic E-state index is 13.0. The van der Waals surface area contributed by atoms with Crippen LogP contribution >= 0.6 is 0 Å². The van der Waals surface area contributed by atoms with Crippen molar-refractivity contribution in [2.75, 3.05) is 39.8 Å². The first-order chi connectivity index (χ1) is 14.2. The third-order valence-corrected chi connectivity index (χ3v) is 7.66. The molecule has 2 aromatic rings. The number of amides is 1. The van der Waals surface area contributed by atoms with E-state index in [9.17, 15) is 13.2 Å². The van der Waals surface area contributed by atoms with Crippen molar-refractivity contribution < 1.29 is 13.2 Å². The van der Waals surface area contributed by atoms with E-state index in [1.165, 1.54) is 9.87 Å². The van der Waals surface area contributed by atoms with Crippen molar-refractivity contribution in [3.63, 3.8) is 0 Å². The lowest BCUT2D eigenvalue weighted by Gasteiger charge is -2.34. The molecule has 0 saturated carbocycles. The van der Waals surface area contributed by atoms with E-state index in [0.29, 0.717) is 44.2 Å². The molecule has 7 heteroatoms. The molecule has 0 atom stereocenters. The van der Waals surface area contributed by atoms with Gasteiger partial charge in [0.1, 0.15) is 0 Å². The first-order valence-corrected chi connectivity index (χ1v) is 11.7. The highest BCUT2D eigenvalue weighted by Gasteiger charge is 2.30. The van der Waals surface area contributed by atoms with Gasteiger partial charge in [-0.2, -0.15) is 4.31 Å². The molecule has 0 bridgehead atoms. The molecular weight excluding hydrogens is 398 g/mol. The Bertz CT molecular complexity index is 995. The number of hydrogen-bond donors (Lipinski definition) is 0. The second kappa shape index (κ2) is 9.29. The third-order valence-electron chi connectivity index (χ3n) is 5.60. The molecule has 1 heterocycles. The number of aryl methyl sites for hydroxylation is 3. The van der Waals surface area contributed by atoms with E-state index in [0.717, 1.165) is 16.7 Å². The lowest BCUT2D eigenvalue weighted by molar-refractivity contribution is -0.131. The molecule has 0 unspecified atom stereocenters. The van der Waals surface area contributed by atoms with Gasteiger partial charge in [0.05, 0.1) is 11.4 Å². The Kier molecular flexibility index (Phi) is 6.95. The van der Waals surface area contributed by atoms with Crippen LogP contribution in [0.2, 0.25) is 0 Å². The summed E-state index contributed by atoms with van der Waals surface area (Å²) in [5.41, 5.74) is 4.11. The zero-order valence-corrected chi connectivity index (χ0v) is 19.1. The fourth-order valence-electron chi connectivity index (χ4n) is 3.72. The van der Waals surface area contributed by atoms with Gasteiger partial charge in [-0.1, -0.05) is 47.5 Å². The number of carbonyl (C=O) groups is 1. The topological polar surface area (TPSA) is 60.9 Å². The lowest BCUT2D eigenvalue weighted by Crippen LogP contribution is -2.51. The molecule has 2 aromatic carbocycles. The fourth-order valence-corrected chi connectivity index (χ4v) is 5.35. The molecule has 1 saturated heterocycles. The summed E-state index contributed by atoms with van der Waals surface area (Å²) in [6.07, 6.45) is 0. The molecule has 1 fully saturated rings. The molecule has 30 heavy (non-hydrogen) atoms. The van der Waals surface area contributed by atoms with Crippen molar-refractivity contribution in [1.82, 2.24) is 14.1 Å². The van der Waals surface area contributed by atoms with Crippen LogP contribution in [0.1, 0.15) is 22.3 Å². The largest absolute Gasteiger partial charge is 0.340 e. The van der Waals surface area contributed by atoms with Gasteiger partial charge in [-0.15, -0.1) is 0 Å². The van der Waals surface area contributed by atoms with Crippen LogP contribution in [-0.2, 0) is 21.4 Å². The number of sulfonamides is 1. The van der Waals surface area contributed by atoms with Crippen molar-refractivity contribution in [3.05, 3.63) is 64.7 Å². The molecule has 0 aliphatic carbocycles. The van der Waals surface area contributed by atoms with Gasteiger partial charge >= 0.3 is 0 Å². The number of nitrogens with zero attached hydrogens (tertiary/aromatic N) is 3. The molecule has 6 nitrogen and oxygen atoms in total. The van der Waals surface area contributed by atoms with Crippen LogP contribution in [0, 0.1) is 20.8 Å². The summed E-state index contributed by atoms with van der Waals surface area (Å²) in [5, 5.41) is 0. The average Bonchev–Trinajstić information content (AvgIpc) is 2.69. The SMILES string of the molecule is Cc1ccc(CN(C)C(=O)CN2CCN(S(=O)(=O)c3ccc(C)cc3C)CC2)cc1. The maximum Gasteiger partial charge on any atom is 0.243 e. The van der Waals surface area contributed by atoms with Crippen LogP contribution in [-0.4, -0.2) is 68.2 Å². The fraction of sp³-hybridized carbons (Fsp3) is 0.435. The van der Waals surface area contributed by atoms with Crippen LogP contribution in [0.25, 0.3) is 0 Å². The monoisotopic (exact) mass is 429 g/mol. The number of hydrogen-bond acceptors (Lipinski definition) is 4. The zero-order valence-electron chi connectivity index (χ0n) is 18.3. The summed E-state index contributed by atoms with van der Waals surface area (Å²) in [6, 6.07) is 13.6. The highest BCUT2D eigenvalue weighted by molar-refractivity contribution is 7.89. The number of rotatable bonds is 6. The molecule has 1 aliphatic rings. The van der Waals surface area contributed by atoms with Crippen molar-refractivity contribution in [1.29, 1.82) is 0 Å². The van der Waals surface area contributed by atoms with E-state index in [4.69, 9.17) is 0 Å². The first kappa shape index (κ1) is 22.5. The Morgan fingerprint density at radius 2 is 1.53 bits per heavy atom. The summed E-state index contributed by atoms with van der Waals surface area (Å²) >= 11 is 0. The van der Waals surface area contributed by atoms with Crippen LogP contribution < -0.4 is 0 Å². The van der Waals surface area contributed by atoms with E-state index < -0.39 is 10.0 Å². The van der Waals surface area contributed by atoms with Crippen molar-refractivity contribution in [2.24, 2.45) is 0 Å². The van der Waals surface area contributed by atoms with Gasteiger partial charge in [0.2, 0.25) is 15.9 Å². The predicted octanol–water partition coefficient (Wildman–Crippen LogP) is 2.58. The zero-order chi connectivity index (χ0) is 21.9. The van der Waals surface area contributed by atoms with Crippen LogP contribution in [0.3, 0.4) is 0 Å². The van der Waals surface area contributed by atoms with Gasteiger partial charge in [-0.3, -0.25) is 9.69 Å². The van der Waals surface area contributed by atoms with Gasteiger partial charge in [0, 0.05) is 39.8 Å². The molecule has 0 radical (unpaired) electrons. The predicted molar refractivity (Wildman–Crippen MR) is 119 cm³/mol. The maximum atomic E-state index is 13.0. The van der Waals surface area contributed by atoms with Gasteiger partial charge in [0.15, 0.2) is 0 Å². The summed E-state index contributed by atoms with van der Waals surface area (Å²) in [5.74, 6) is 0.0428. The summed E-state index contributed by atoms with van der Waals surface area (Å²) in [4.78, 5) is 16.7. The second-order valence-electron chi connectivity index (χ2n) is 8.18. The standard InChI is InChI=1S/C23H31N3O3S/c1-18-5-8-21(9-6-18)16-24(4)23(27)17-25-11-13-26(14-12-25)30(28,29)22-10-7-19(2)15-20(22)3/h5-10,15H,11-14,16-17H2,1-4H3. The Morgan fingerprint density at radius 3 is 2.13 bits per heavy atom. The van der Waals surface area contributed by atoms with E-state index in [1.54, 1.807) is 11.0 Å². The molecule has 1 aliphatic heterocycles.